The van der Waals surface area contributed by atoms with E-state index in [9.17, 15) is 9.59 Å². The molecule has 27 heavy (non-hydrogen) atoms. The van der Waals surface area contributed by atoms with E-state index in [-0.39, 0.29) is 11.1 Å². The van der Waals surface area contributed by atoms with Crippen LogP contribution in [0.3, 0.4) is 0 Å². The highest BCUT2D eigenvalue weighted by atomic mass is 16.5. The second-order valence-electron chi connectivity index (χ2n) is 6.22. The molecular weight excluding hydrogens is 348 g/mol. The predicted molar refractivity (Wildman–Crippen MR) is 102 cm³/mol. The van der Waals surface area contributed by atoms with E-state index >= 15 is 0 Å². The molecule has 0 unspecified atom stereocenters. The Bertz CT molecular complexity index is 748. The molecule has 0 spiro atoms. The Kier molecular flexibility index (Phi) is 8.54. The average Bonchev–Trinajstić information content (AvgIpc) is 2.67. The summed E-state index contributed by atoms with van der Waals surface area (Å²) >= 11 is 0. The van der Waals surface area contributed by atoms with E-state index in [0.717, 1.165) is 25.7 Å². The van der Waals surface area contributed by atoms with Gasteiger partial charge in [0, 0.05) is 37.4 Å². The maximum Gasteiger partial charge on any atom is 0.266 e. The van der Waals surface area contributed by atoms with Crippen molar-refractivity contribution in [1.29, 1.82) is 0 Å². The molecule has 0 bridgehead atoms. The van der Waals surface area contributed by atoms with Crippen molar-refractivity contribution in [2.24, 2.45) is 0 Å². The third-order valence-electron chi connectivity index (χ3n) is 3.92. The van der Waals surface area contributed by atoms with Gasteiger partial charge in [0.05, 0.1) is 13.2 Å². The lowest BCUT2D eigenvalue weighted by atomic mass is 10.4. The largest absolute Gasteiger partial charge is 0.477 e. The highest BCUT2D eigenvalue weighted by Crippen LogP contribution is 2.05. The van der Waals surface area contributed by atoms with Crippen LogP contribution >= 0.6 is 0 Å². The molecule has 0 N–H and O–H groups in total. The zero-order valence-electron chi connectivity index (χ0n) is 16.1. The Hall–Kier alpha value is -2.64. The van der Waals surface area contributed by atoms with E-state index in [1.807, 2.05) is 0 Å². The van der Waals surface area contributed by atoms with Crippen LogP contribution in [0.1, 0.15) is 46.0 Å². The molecule has 0 aromatic carbocycles. The zero-order chi connectivity index (χ0) is 19.5. The number of nitrogens with zero attached hydrogens (tertiary/aromatic N) is 4. The maximum atomic E-state index is 12.0. The van der Waals surface area contributed by atoms with E-state index in [1.54, 1.807) is 12.1 Å². The first-order valence-electron chi connectivity index (χ1n) is 9.56. The van der Waals surface area contributed by atoms with Gasteiger partial charge in [0.25, 0.3) is 11.1 Å². The SMILES string of the molecule is CCCCOc1ccc(=O)n(CCCn2nc(OCCCC)ccc2=O)n1. The van der Waals surface area contributed by atoms with Gasteiger partial charge in [-0.3, -0.25) is 9.59 Å². The summed E-state index contributed by atoms with van der Waals surface area (Å²) in [5.41, 5.74) is -0.399. The Balaban J connectivity index is 1.93. The lowest BCUT2D eigenvalue weighted by molar-refractivity contribution is 0.282. The summed E-state index contributed by atoms with van der Waals surface area (Å²) < 4.78 is 13.8. The Labute approximate surface area is 158 Å². The summed E-state index contributed by atoms with van der Waals surface area (Å²) in [4.78, 5) is 23.9. The van der Waals surface area contributed by atoms with Crippen LogP contribution in [0.4, 0.5) is 0 Å². The normalized spacial score (nSPS) is 10.7. The number of hydrogen-bond acceptors (Lipinski definition) is 6. The molecule has 2 heterocycles. The molecule has 0 aliphatic heterocycles. The molecule has 0 aliphatic rings. The fourth-order valence-electron chi connectivity index (χ4n) is 2.35. The van der Waals surface area contributed by atoms with E-state index < -0.39 is 0 Å². The second-order valence-corrected chi connectivity index (χ2v) is 6.22. The lowest BCUT2D eigenvalue weighted by Crippen LogP contribution is -2.26. The fourth-order valence-corrected chi connectivity index (χ4v) is 2.35. The van der Waals surface area contributed by atoms with Gasteiger partial charge in [-0.1, -0.05) is 26.7 Å². The number of hydrogen-bond donors (Lipinski definition) is 0. The summed E-state index contributed by atoms with van der Waals surface area (Å²) in [7, 11) is 0. The number of rotatable bonds is 12. The first kappa shape index (κ1) is 20.7. The number of ether oxygens (including phenoxy) is 2. The van der Waals surface area contributed by atoms with Crippen LogP contribution in [-0.2, 0) is 13.1 Å². The van der Waals surface area contributed by atoms with Crippen LogP contribution < -0.4 is 20.6 Å². The first-order valence-corrected chi connectivity index (χ1v) is 9.56. The standard InChI is InChI=1S/C19H28N4O4/c1-3-5-14-26-16-8-10-18(24)22(20-16)12-7-13-23-19(25)11-9-17(21-23)27-15-6-4-2/h8-11H,3-7,12-15H2,1-2H3. The van der Waals surface area contributed by atoms with Crippen LogP contribution in [0.15, 0.2) is 33.9 Å². The molecule has 0 radical (unpaired) electrons. The van der Waals surface area contributed by atoms with Gasteiger partial charge in [-0.05, 0) is 19.3 Å². The quantitative estimate of drug-likeness (QED) is 0.528. The number of aromatic nitrogens is 4. The molecule has 8 nitrogen and oxygen atoms in total. The Morgan fingerprint density at radius 2 is 1.19 bits per heavy atom. The van der Waals surface area contributed by atoms with Gasteiger partial charge < -0.3 is 9.47 Å². The number of unbranched alkanes of at least 4 members (excludes halogenated alkanes) is 2. The van der Waals surface area contributed by atoms with E-state index in [0.29, 0.717) is 44.5 Å². The third kappa shape index (κ3) is 6.88. The smallest absolute Gasteiger partial charge is 0.266 e. The van der Waals surface area contributed by atoms with Gasteiger partial charge in [-0.25, -0.2) is 9.36 Å². The molecule has 0 saturated heterocycles. The van der Waals surface area contributed by atoms with Crippen LogP contribution in [0.5, 0.6) is 11.8 Å². The van der Waals surface area contributed by atoms with Crippen LogP contribution in [0.2, 0.25) is 0 Å². The molecule has 8 heteroatoms. The van der Waals surface area contributed by atoms with Crippen LogP contribution in [0.25, 0.3) is 0 Å². The molecule has 148 valence electrons. The molecule has 0 amide bonds. The molecule has 0 aliphatic carbocycles. The molecule has 0 fully saturated rings. The third-order valence-corrected chi connectivity index (χ3v) is 3.92. The Morgan fingerprint density at radius 3 is 1.59 bits per heavy atom. The van der Waals surface area contributed by atoms with Gasteiger partial charge in [0.1, 0.15) is 0 Å². The van der Waals surface area contributed by atoms with Crippen molar-refractivity contribution < 1.29 is 9.47 Å². The van der Waals surface area contributed by atoms with Crippen molar-refractivity contribution in [3.63, 3.8) is 0 Å². The van der Waals surface area contributed by atoms with Crippen molar-refractivity contribution in [3.05, 3.63) is 45.0 Å². The molecule has 0 saturated carbocycles. The van der Waals surface area contributed by atoms with Crippen LogP contribution in [-0.4, -0.2) is 32.8 Å². The molecule has 2 rings (SSSR count). The van der Waals surface area contributed by atoms with Gasteiger partial charge in [0.15, 0.2) is 0 Å². The van der Waals surface area contributed by atoms with E-state index in [1.165, 1.54) is 21.5 Å². The summed E-state index contributed by atoms with van der Waals surface area (Å²) in [6, 6.07) is 6.05. The van der Waals surface area contributed by atoms with Gasteiger partial charge in [-0.2, -0.15) is 0 Å². The van der Waals surface area contributed by atoms with Gasteiger partial charge in [-0.15, -0.1) is 10.2 Å². The van der Waals surface area contributed by atoms with Crippen molar-refractivity contribution in [2.45, 2.75) is 59.0 Å². The summed E-state index contributed by atoms with van der Waals surface area (Å²) in [5, 5.41) is 8.43. The van der Waals surface area contributed by atoms with Crippen LogP contribution in [0, 0.1) is 0 Å². The monoisotopic (exact) mass is 376 g/mol. The fraction of sp³-hybridized carbons (Fsp3) is 0.579. The highest BCUT2D eigenvalue weighted by Gasteiger charge is 2.05. The van der Waals surface area contributed by atoms with Crippen molar-refractivity contribution in [1.82, 2.24) is 19.6 Å². The summed E-state index contributed by atoms with van der Waals surface area (Å²) in [6.07, 6.45) is 4.47. The Morgan fingerprint density at radius 1 is 0.741 bits per heavy atom. The van der Waals surface area contributed by atoms with E-state index in [4.69, 9.17) is 9.47 Å². The minimum absolute atomic E-state index is 0.199. The van der Waals surface area contributed by atoms with Gasteiger partial charge in [0.2, 0.25) is 11.8 Å². The van der Waals surface area contributed by atoms with Crippen molar-refractivity contribution in [3.8, 4) is 11.8 Å². The second kappa shape index (κ2) is 11.2. The average molecular weight is 376 g/mol. The topological polar surface area (TPSA) is 88.2 Å². The minimum Gasteiger partial charge on any atom is -0.477 e. The first-order chi connectivity index (χ1) is 13.1. The summed E-state index contributed by atoms with van der Waals surface area (Å²) in [6.45, 7) is 6.06. The molecular formula is C19H28N4O4. The number of aryl methyl sites for hydroxylation is 2. The maximum absolute atomic E-state index is 12.0. The molecule has 0 atom stereocenters. The summed E-state index contributed by atoms with van der Waals surface area (Å²) in [5.74, 6) is 0.870. The molecule has 2 aromatic rings. The molecule has 2 aromatic heterocycles. The van der Waals surface area contributed by atoms with E-state index in [2.05, 4.69) is 24.0 Å². The minimum atomic E-state index is -0.199. The highest BCUT2D eigenvalue weighted by molar-refractivity contribution is 5.07. The predicted octanol–water partition coefficient (Wildman–Crippen LogP) is 2.25. The zero-order valence-corrected chi connectivity index (χ0v) is 16.1. The lowest BCUT2D eigenvalue weighted by Gasteiger charge is -2.10. The van der Waals surface area contributed by atoms with Crippen molar-refractivity contribution in [2.75, 3.05) is 13.2 Å². The van der Waals surface area contributed by atoms with Crippen molar-refractivity contribution >= 4 is 0 Å². The van der Waals surface area contributed by atoms with Gasteiger partial charge >= 0.3 is 0 Å².